The summed E-state index contributed by atoms with van der Waals surface area (Å²) >= 11 is 3.42. The predicted octanol–water partition coefficient (Wildman–Crippen LogP) is 3.00. The van der Waals surface area contributed by atoms with Gasteiger partial charge in [-0.3, -0.25) is 4.79 Å². The van der Waals surface area contributed by atoms with Crippen LogP contribution in [-0.4, -0.2) is 11.9 Å². The van der Waals surface area contributed by atoms with E-state index in [9.17, 15) is 14.7 Å². The SMILES string of the molecule is Cc1cccc(C[C@@H](CC(=O)[O-])C(=O)Nc2ccc(C)c(Br)c2)c1. The number of hydrogen-bond donors (Lipinski definition) is 1. The molecule has 1 atom stereocenters. The summed E-state index contributed by atoms with van der Waals surface area (Å²) in [7, 11) is 0. The van der Waals surface area contributed by atoms with Crippen molar-refractivity contribution in [3.05, 3.63) is 63.6 Å². The molecule has 2 aromatic carbocycles. The van der Waals surface area contributed by atoms with E-state index in [1.54, 1.807) is 12.1 Å². The molecule has 2 rings (SSSR count). The lowest BCUT2D eigenvalue weighted by Crippen LogP contribution is -2.32. The molecule has 0 aliphatic carbocycles. The summed E-state index contributed by atoms with van der Waals surface area (Å²) in [5, 5.41) is 13.8. The molecule has 0 saturated carbocycles. The van der Waals surface area contributed by atoms with Crippen LogP contribution >= 0.6 is 15.9 Å². The van der Waals surface area contributed by atoms with Gasteiger partial charge in [0.2, 0.25) is 5.91 Å². The van der Waals surface area contributed by atoms with E-state index in [2.05, 4.69) is 21.2 Å². The van der Waals surface area contributed by atoms with E-state index >= 15 is 0 Å². The largest absolute Gasteiger partial charge is 0.550 e. The number of hydrogen-bond acceptors (Lipinski definition) is 3. The van der Waals surface area contributed by atoms with E-state index in [1.807, 2.05) is 44.2 Å². The molecule has 0 heterocycles. The number of anilines is 1. The Morgan fingerprint density at radius 1 is 1.17 bits per heavy atom. The maximum atomic E-state index is 12.5. The number of aryl methyl sites for hydroxylation is 2. The molecule has 0 unspecified atom stereocenters. The first kappa shape index (κ1) is 18.2. The number of carboxylic acids is 1. The van der Waals surface area contributed by atoms with Crippen molar-refractivity contribution < 1.29 is 14.7 Å². The van der Waals surface area contributed by atoms with Crippen LogP contribution < -0.4 is 10.4 Å². The van der Waals surface area contributed by atoms with E-state index in [1.165, 1.54) is 0 Å². The summed E-state index contributed by atoms with van der Waals surface area (Å²) in [4.78, 5) is 23.5. The second kappa shape index (κ2) is 8.11. The van der Waals surface area contributed by atoms with Crippen molar-refractivity contribution in [3.8, 4) is 0 Å². The molecule has 0 bridgehead atoms. The Labute approximate surface area is 150 Å². The van der Waals surface area contributed by atoms with Crippen LogP contribution in [0.25, 0.3) is 0 Å². The van der Waals surface area contributed by atoms with Crippen LogP contribution in [0.1, 0.15) is 23.1 Å². The van der Waals surface area contributed by atoms with Gasteiger partial charge in [-0.15, -0.1) is 0 Å². The monoisotopic (exact) mass is 388 g/mol. The van der Waals surface area contributed by atoms with E-state index in [0.29, 0.717) is 12.1 Å². The fraction of sp³-hybridized carbons (Fsp3) is 0.263. The lowest BCUT2D eigenvalue weighted by molar-refractivity contribution is -0.306. The molecule has 0 aromatic heterocycles. The van der Waals surface area contributed by atoms with Crippen molar-refractivity contribution >= 4 is 33.5 Å². The highest BCUT2D eigenvalue weighted by Crippen LogP contribution is 2.22. The second-order valence-electron chi connectivity index (χ2n) is 5.92. The summed E-state index contributed by atoms with van der Waals surface area (Å²) in [5.41, 5.74) is 3.69. The first-order chi connectivity index (χ1) is 11.3. The maximum absolute atomic E-state index is 12.5. The number of aliphatic carboxylic acids is 1. The van der Waals surface area contributed by atoms with Crippen LogP contribution in [0.3, 0.4) is 0 Å². The van der Waals surface area contributed by atoms with Crippen molar-refractivity contribution in [1.82, 2.24) is 0 Å². The number of carbonyl (C=O) groups is 2. The first-order valence-electron chi connectivity index (χ1n) is 7.67. The Kier molecular flexibility index (Phi) is 6.15. The summed E-state index contributed by atoms with van der Waals surface area (Å²) in [6.45, 7) is 3.91. The zero-order valence-electron chi connectivity index (χ0n) is 13.6. The van der Waals surface area contributed by atoms with Gasteiger partial charge in [0, 0.05) is 22.0 Å². The normalized spacial score (nSPS) is 11.8. The molecule has 1 amide bonds. The molecule has 5 heteroatoms. The topological polar surface area (TPSA) is 69.2 Å². The summed E-state index contributed by atoms with van der Waals surface area (Å²) < 4.78 is 0.885. The van der Waals surface area contributed by atoms with Crippen molar-refractivity contribution in [2.24, 2.45) is 5.92 Å². The van der Waals surface area contributed by atoms with Gasteiger partial charge in [-0.1, -0.05) is 51.8 Å². The van der Waals surface area contributed by atoms with Crippen LogP contribution in [0.4, 0.5) is 5.69 Å². The fourth-order valence-electron chi connectivity index (χ4n) is 2.50. The number of halogens is 1. The molecule has 0 spiro atoms. The smallest absolute Gasteiger partial charge is 0.228 e. The highest BCUT2D eigenvalue weighted by Gasteiger charge is 2.20. The lowest BCUT2D eigenvalue weighted by atomic mass is 9.94. The highest BCUT2D eigenvalue weighted by atomic mass is 79.9. The van der Waals surface area contributed by atoms with Gasteiger partial charge in [-0.05, 0) is 49.9 Å². The standard InChI is InChI=1S/C19H20BrNO3/c1-12-4-3-5-14(8-12)9-15(10-18(22)23)19(24)21-16-7-6-13(2)17(20)11-16/h3-8,11,15H,9-10H2,1-2H3,(H,21,24)(H,22,23)/p-1/t15-/m0/s1. The average molecular weight is 389 g/mol. The number of amides is 1. The zero-order valence-corrected chi connectivity index (χ0v) is 15.2. The molecule has 1 N–H and O–H groups in total. The van der Waals surface area contributed by atoms with Crippen molar-refractivity contribution in [2.45, 2.75) is 26.7 Å². The molecule has 0 saturated heterocycles. The Morgan fingerprint density at radius 2 is 1.92 bits per heavy atom. The van der Waals surface area contributed by atoms with Gasteiger partial charge in [-0.2, -0.15) is 0 Å². The minimum atomic E-state index is -1.23. The zero-order chi connectivity index (χ0) is 17.7. The molecule has 0 fully saturated rings. The van der Waals surface area contributed by atoms with E-state index < -0.39 is 11.9 Å². The van der Waals surface area contributed by atoms with Gasteiger partial charge in [0.1, 0.15) is 0 Å². The van der Waals surface area contributed by atoms with Crippen molar-refractivity contribution in [3.63, 3.8) is 0 Å². The van der Waals surface area contributed by atoms with Gasteiger partial charge in [0.25, 0.3) is 0 Å². The number of carboxylic acid groups (broad SMARTS) is 1. The van der Waals surface area contributed by atoms with Crippen molar-refractivity contribution in [2.75, 3.05) is 5.32 Å². The number of rotatable bonds is 6. The van der Waals surface area contributed by atoms with Crippen LogP contribution in [0.5, 0.6) is 0 Å². The second-order valence-corrected chi connectivity index (χ2v) is 6.77. The van der Waals surface area contributed by atoms with Crippen LogP contribution in [0.2, 0.25) is 0 Å². The van der Waals surface area contributed by atoms with Gasteiger partial charge < -0.3 is 15.2 Å². The maximum Gasteiger partial charge on any atom is 0.228 e. The highest BCUT2D eigenvalue weighted by molar-refractivity contribution is 9.10. The van der Waals surface area contributed by atoms with Gasteiger partial charge in [0.15, 0.2) is 0 Å². The number of carbonyl (C=O) groups excluding carboxylic acids is 2. The molecule has 126 valence electrons. The lowest BCUT2D eigenvalue weighted by Gasteiger charge is -2.18. The number of benzene rings is 2. The Morgan fingerprint density at radius 3 is 2.54 bits per heavy atom. The Hall–Kier alpha value is -2.14. The molecular formula is C19H19BrNO3-. The Balaban J connectivity index is 2.15. The third-order valence-corrected chi connectivity index (χ3v) is 4.64. The minimum Gasteiger partial charge on any atom is -0.550 e. The molecular weight excluding hydrogens is 370 g/mol. The molecule has 4 nitrogen and oxygen atoms in total. The molecule has 24 heavy (non-hydrogen) atoms. The van der Waals surface area contributed by atoms with Crippen LogP contribution in [0.15, 0.2) is 46.9 Å². The van der Waals surface area contributed by atoms with E-state index in [0.717, 1.165) is 21.2 Å². The summed E-state index contributed by atoms with van der Waals surface area (Å²) in [6.07, 6.45) is 0.0430. The van der Waals surface area contributed by atoms with Gasteiger partial charge >= 0.3 is 0 Å². The predicted molar refractivity (Wildman–Crippen MR) is 95.5 cm³/mol. The van der Waals surface area contributed by atoms with E-state index in [-0.39, 0.29) is 12.3 Å². The Bertz CT molecular complexity index is 758. The third kappa shape index (κ3) is 5.20. The first-order valence-corrected chi connectivity index (χ1v) is 8.47. The molecule has 0 aliphatic heterocycles. The molecule has 0 radical (unpaired) electrons. The number of nitrogens with one attached hydrogen (secondary N) is 1. The molecule has 0 aliphatic rings. The minimum absolute atomic E-state index is 0.313. The van der Waals surface area contributed by atoms with Crippen LogP contribution in [0, 0.1) is 19.8 Å². The van der Waals surface area contributed by atoms with Crippen LogP contribution in [-0.2, 0) is 16.0 Å². The third-order valence-electron chi connectivity index (χ3n) is 3.79. The van der Waals surface area contributed by atoms with Gasteiger partial charge in [-0.25, -0.2) is 0 Å². The molecule has 2 aromatic rings. The summed E-state index contributed by atoms with van der Waals surface area (Å²) in [5.74, 6) is -2.23. The summed E-state index contributed by atoms with van der Waals surface area (Å²) in [6, 6.07) is 13.2. The quantitative estimate of drug-likeness (QED) is 0.826. The average Bonchev–Trinajstić information content (AvgIpc) is 2.50. The van der Waals surface area contributed by atoms with Gasteiger partial charge in [0.05, 0.1) is 0 Å². The van der Waals surface area contributed by atoms with E-state index in [4.69, 9.17) is 0 Å². The van der Waals surface area contributed by atoms with Crippen molar-refractivity contribution in [1.29, 1.82) is 0 Å². The fourth-order valence-corrected chi connectivity index (χ4v) is 2.88.